The summed E-state index contributed by atoms with van der Waals surface area (Å²) in [5, 5.41) is 4.79. The molecule has 2 aliphatic rings. The van der Waals surface area contributed by atoms with Crippen LogP contribution in [-0.2, 0) is 20.9 Å². The van der Waals surface area contributed by atoms with Gasteiger partial charge in [-0.2, -0.15) is 0 Å². The molecule has 0 radical (unpaired) electrons. The summed E-state index contributed by atoms with van der Waals surface area (Å²) in [5.74, 6) is -3.63. The number of nitrogens with zero attached hydrogens (tertiary/aromatic N) is 2. The normalized spacial score (nSPS) is 19.2. The molecule has 5 aromatic rings. The molecule has 0 spiro atoms. The summed E-state index contributed by atoms with van der Waals surface area (Å²) in [4.78, 5) is 55.6. The van der Waals surface area contributed by atoms with Crippen molar-refractivity contribution in [1.82, 2.24) is 4.57 Å². The van der Waals surface area contributed by atoms with E-state index in [4.69, 9.17) is 23.2 Å². The largest absolute Gasteiger partial charge is 0.325 e. The smallest absolute Gasteiger partial charge is 0.308 e. The molecule has 3 heterocycles. The molecule has 1 fully saturated rings. The number of fused-ring (bicyclic) bond motifs is 3. The molecule has 0 saturated carbocycles. The van der Waals surface area contributed by atoms with Gasteiger partial charge in [0.15, 0.2) is 0 Å². The number of anilines is 2. The Morgan fingerprint density at radius 2 is 1.64 bits per heavy atom. The van der Waals surface area contributed by atoms with Gasteiger partial charge in [0.05, 0.1) is 26.7 Å². The maximum absolute atomic E-state index is 14.0. The van der Waals surface area contributed by atoms with E-state index in [1.807, 2.05) is 36.4 Å². The number of benzene rings is 4. The second-order valence-corrected chi connectivity index (χ2v) is 13.3. The van der Waals surface area contributed by atoms with Gasteiger partial charge in [0.1, 0.15) is 17.6 Å². The summed E-state index contributed by atoms with van der Waals surface area (Å²) < 4.78 is 15.0. The van der Waals surface area contributed by atoms with Crippen LogP contribution in [0.5, 0.6) is 0 Å². The van der Waals surface area contributed by atoms with Crippen molar-refractivity contribution in [3.8, 4) is 0 Å². The third-order valence-corrected chi connectivity index (χ3v) is 11.2. The van der Waals surface area contributed by atoms with Gasteiger partial charge in [0.25, 0.3) is 0 Å². The zero-order valence-corrected chi connectivity index (χ0v) is 25.6. The van der Waals surface area contributed by atoms with E-state index in [1.54, 1.807) is 24.3 Å². The lowest BCUT2D eigenvalue weighted by atomic mass is 9.83. The highest BCUT2D eigenvalue weighted by Gasteiger charge is 2.57. The Morgan fingerprint density at radius 1 is 0.886 bits per heavy atom. The van der Waals surface area contributed by atoms with E-state index in [9.17, 15) is 23.6 Å². The maximum atomic E-state index is 14.0. The highest BCUT2D eigenvalue weighted by atomic mass is 35.5. The molecule has 1 saturated heterocycles. The maximum Gasteiger partial charge on any atom is 0.308 e. The van der Waals surface area contributed by atoms with Crippen LogP contribution in [0.25, 0.3) is 10.8 Å². The topological polar surface area (TPSA) is 88.5 Å². The van der Waals surface area contributed by atoms with Crippen molar-refractivity contribution in [2.24, 2.45) is 5.92 Å². The van der Waals surface area contributed by atoms with Crippen LogP contribution in [0, 0.1) is 11.7 Å². The van der Waals surface area contributed by atoms with E-state index in [0.717, 1.165) is 38.8 Å². The van der Waals surface area contributed by atoms with Crippen LogP contribution in [0.3, 0.4) is 0 Å². The van der Waals surface area contributed by atoms with E-state index in [1.165, 1.54) is 28.8 Å². The Balaban J connectivity index is 1.28. The lowest BCUT2D eigenvalue weighted by Crippen LogP contribution is -2.33. The van der Waals surface area contributed by atoms with E-state index in [2.05, 4.69) is 5.32 Å². The Labute approximate surface area is 268 Å². The molecule has 7 rings (SSSR count). The summed E-state index contributed by atoms with van der Waals surface area (Å²) in [5.41, 5.74) is 1.31. The molecular weight excluding hydrogens is 644 g/mol. The van der Waals surface area contributed by atoms with Gasteiger partial charge < -0.3 is 5.32 Å². The van der Waals surface area contributed by atoms with Gasteiger partial charge in [-0.05, 0) is 58.8 Å². The molecule has 7 nitrogen and oxygen atoms in total. The average molecular weight is 665 g/mol. The number of thiazole rings is 1. The highest BCUT2D eigenvalue weighted by Crippen LogP contribution is 2.55. The quantitative estimate of drug-likeness (QED) is 0.206. The number of amides is 3. The van der Waals surface area contributed by atoms with E-state index in [0.29, 0.717) is 21.2 Å². The SMILES string of the molecule is O=C(Cn1c2c(sc1=O)C(c1cccc(Cl)c1Cl)C1C(=O)N(c3ccc(F)cc3)C(=O)C1S2)Nc1ccc2ccccc2c1. The van der Waals surface area contributed by atoms with Gasteiger partial charge in [-0.25, -0.2) is 9.29 Å². The van der Waals surface area contributed by atoms with Crippen LogP contribution < -0.4 is 15.1 Å². The minimum Gasteiger partial charge on any atom is -0.325 e. The average Bonchev–Trinajstić information content (AvgIpc) is 3.45. The molecule has 2 aliphatic heterocycles. The fourth-order valence-electron chi connectivity index (χ4n) is 5.81. The first-order valence-corrected chi connectivity index (χ1v) is 15.9. The number of hydrogen-bond acceptors (Lipinski definition) is 6. The van der Waals surface area contributed by atoms with Gasteiger partial charge in [-0.1, -0.05) is 88.8 Å². The number of imide groups is 1. The number of carbonyl (C=O) groups is 3. The lowest BCUT2D eigenvalue weighted by Gasteiger charge is -2.31. The van der Waals surface area contributed by atoms with Gasteiger partial charge >= 0.3 is 4.87 Å². The van der Waals surface area contributed by atoms with Crippen LogP contribution in [0.2, 0.25) is 10.0 Å². The molecule has 3 amide bonds. The number of halogens is 3. The molecule has 1 aromatic heterocycles. The highest BCUT2D eigenvalue weighted by molar-refractivity contribution is 8.00. The lowest BCUT2D eigenvalue weighted by molar-refractivity contribution is -0.122. The third kappa shape index (κ3) is 4.82. The Kier molecular flexibility index (Phi) is 7.32. The summed E-state index contributed by atoms with van der Waals surface area (Å²) in [6.07, 6.45) is 0. The summed E-state index contributed by atoms with van der Waals surface area (Å²) in [6.45, 7) is -0.304. The predicted octanol–water partition coefficient (Wildman–Crippen LogP) is 6.94. The van der Waals surface area contributed by atoms with Crippen molar-refractivity contribution in [3.05, 3.63) is 121 Å². The van der Waals surface area contributed by atoms with Crippen molar-refractivity contribution >= 4 is 86.2 Å². The second kappa shape index (κ2) is 11.2. The van der Waals surface area contributed by atoms with Crippen LogP contribution in [-0.4, -0.2) is 27.5 Å². The van der Waals surface area contributed by atoms with Crippen molar-refractivity contribution < 1.29 is 18.8 Å². The third-order valence-electron chi connectivity index (χ3n) is 7.79. The van der Waals surface area contributed by atoms with Crippen molar-refractivity contribution in [2.75, 3.05) is 10.2 Å². The Bertz CT molecular complexity index is 2060. The fraction of sp³-hybridized carbons (Fsp3) is 0.125. The minimum absolute atomic E-state index is 0.206. The number of nitrogens with one attached hydrogen (secondary N) is 1. The van der Waals surface area contributed by atoms with E-state index < -0.39 is 45.5 Å². The van der Waals surface area contributed by atoms with E-state index >= 15 is 0 Å². The molecule has 1 N–H and O–H groups in total. The number of aromatic nitrogens is 1. The number of carbonyl (C=O) groups excluding carboxylic acids is 3. The zero-order chi connectivity index (χ0) is 30.7. The molecule has 4 aromatic carbocycles. The number of thioether (sulfide) groups is 1. The summed E-state index contributed by atoms with van der Waals surface area (Å²) in [6, 6.07) is 23.4. The Hall–Kier alpha value is -3.96. The summed E-state index contributed by atoms with van der Waals surface area (Å²) in [7, 11) is 0. The zero-order valence-electron chi connectivity index (χ0n) is 22.5. The molecule has 44 heavy (non-hydrogen) atoms. The van der Waals surface area contributed by atoms with Crippen molar-refractivity contribution in [2.45, 2.75) is 22.7 Å². The molecule has 0 aliphatic carbocycles. The first-order chi connectivity index (χ1) is 21.2. The van der Waals surface area contributed by atoms with Crippen molar-refractivity contribution in [3.63, 3.8) is 0 Å². The van der Waals surface area contributed by atoms with Gasteiger partial charge in [0.2, 0.25) is 17.7 Å². The molecule has 220 valence electrons. The van der Waals surface area contributed by atoms with Crippen LogP contribution in [0.4, 0.5) is 15.8 Å². The van der Waals surface area contributed by atoms with E-state index in [-0.39, 0.29) is 22.3 Å². The molecule has 12 heteroatoms. The van der Waals surface area contributed by atoms with Crippen LogP contribution in [0.1, 0.15) is 16.4 Å². The number of hydrogen-bond donors (Lipinski definition) is 1. The Morgan fingerprint density at radius 3 is 2.41 bits per heavy atom. The first kappa shape index (κ1) is 28.8. The van der Waals surface area contributed by atoms with Crippen LogP contribution >= 0.6 is 46.3 Å². The monoisotopic (exact) mass is 663 g/mol. The molecule has 3 unspecified atom stereocenters. The minimum atomic E-state index is -0.927. The molecular formula is C32H20Cl2FN3O4S2. The van der Waals surface area contributed by atoms with Crippen LogP contribution in [0.15, 0.2) is 94.7 Å². The summed E-state index contributed by atoms with van der Waals surface area (Å²) >= 11 is 15.0. The fourth-order valence-corrected chi connectivity index (χ4v) is 9.00. The standard InChI is InChI=1S/C32H20Cl2FN3O4S2/c33-22-7-3-6-21(26(22)34)24-25-27(30(41)38(29(25)40)20-12-9-18(35)10-13-20)43-31-28(24)44-32(42)37(31)15-23(39)36-19-11-8-16-4-1-2-5-17(16)14-19/h1-14,24-25,27H,15H2,(H,36,39). The first-order valence-electron chi connectivity index (χ1n) is 13.5. The van der Waals surface area contributed by atoms with Gasteiger partial charge in [0, 0.05) is 16.5 Å². The second-order valence-electron chi connectivity index (χ2n) is 10.4. The number of rotatable bonds is 5. The molecule has 3 atom stereocenters. The van der Waals surface area contributed by atoms with Crippen molar-refractivity contribution in [1.29, 1.82) is 0 Å². The van der Waals surface area contributed by atoms with Gasteiger partial charge in [-0.3, -0.25) is 23.7 Å². The predicted molar refractivity (Wildman–Crippen MR) is 171 cm³/mol. The van der Waals surface area contributed by atoms with Gasteiger partial charge in [-0.15, -0.1) is 0 Å². The molecule has 0 bridgehead atoms.